The highest BCUT2D eigenvalue weighted by Gasteiger charge is 2.18. The van der Waals surface area contributed by atoms with Crippen LogP contribution in [0.5, 0.6) is 23.0 Å². The summed E-state index contributed by atoms with van der Waals surface area (Å²) >= 11 is 0. The second-order valence-electron chi connectivity index (χ2n) is 8.12. The van der Waals surface area contributed by atoms with Gasteiger partial charge in [-0.05, 0) is 77.2 Å². The third kappa shape index (κ3) is 5.53. The highest BCUT2D eigenvalue weighted by atomic mass is 16.7. The number of aliphatic hydroxyl groups is 1. The Balaban J connectivity index is 1.68. The van der Waals surface area contributed by atoms with Gasteiger partial charge in [0.25, 0.3) is 0 Å². The first-order valence-electron chi connectivity index (χ1n) is 11.6. The Morgan fingerprint density at radius 1 is 0.912 bits per heavy atom. The number of phenols is 1. The van der Waals surface area contributed by atoms with Gasteiger partial charge in [0, 0.05) is 6.54 Å². The van der Waals surface area contributed by atoms with Crippen molar-refractivity contribution >= 4 is 11.1 Å². The van der Waals surface area contributed by atoms with E-state index in [1.165, 1.54) is 0 Å². The van der Waals surface area contributed by atoms with Crippen LogP contribution in [0.1, 0.15) is 37.0 Å². The van der Waals surface area contributed by atoms with E-state index in [0.29, 0.717) is 12.3 Å². The molecule has 0 aromatic heterocycles. The van der Waals surface area contributed by atoms with Crippen LogP contribution in [0, 0.1) is 0 Å². The van der Waals surface area contributed by atoms with Gasteiger partial charge in [0.1, 0.15) is 24.2 Å². The topological polar surface area (TPSA) is 80.2 Å². The quantitative estimate of drug-likeness (QED) is 0.375. The number of benzene rings is 3. The van der Waals surface area contributed by atoms with Crippen molar-refractivity contribution in [3.63, 3.8) is 0 Å². The number of hydrogen-bond acceptors (Lipinski definition) is 6. The molecule has 0 bridgehead atoms. The molecular formula is C28H31NO5. The third-order valence-corrected chi connectivity index (χ3v) is 5.75. The zero-order valence-corrected chi connectivity index (χ0v) is 19.6. The predicted octanol–water partition coefficient (Wildman–Crippen LogP) is 4.84. The molecule has 1 unspecified atom stereocenters. The number of hydrogen-bond donors (Lipinski definition) is 3. The predicted molar refractivity (Wildman–Crippen MR) is 133 cm³/mol. The second-order valence-corrected chi connectivity index (χ2v) is 8.12. The molecule has 1 aliphatic rings. The molecule has 0 saturated carbocycles. The first-order chi connectivity index (χ1) is 16.6. The molecule has 34 heavy (non-hydrogen) atoms. The second kappa shape index (κ2) is 11.1. The van der Waals surface area contributed by atoms with Crippen LogP contribution in [0.2, 0.25) is 0 Å². The molecule has 0 radical (unpaired) electrons. The van der Waals surface area contributed by atoms with E-state index in [-0.39, 0.29) is 19.1 Å². The third-order valence-electron chi connectivity index (χ3n) is 5.75. The lowest BCUT2D eigenvalue weighted by Crippen LogP contribution is -2.31. The lowest BCUT2D eigenvalue weighted by Gasteiger charge is -2.18. The summed E-state index contributed by atoms with van der Waals surface area (Å²) in [5, 5.41) is 23.0. The normalized spacial score (nSPS) is 14.0. The summed E-state index contributed by atoms with van der Waals surface area (Å²) in [6.45, 7) is 5.89. The largest absolute Gasteiger partial charge is 0.508 e. The Kier molecular flexibility index (Phi) is 7.72. The monoisotopic (exact) mass is 461 g/mol. The van der Waals surface area contributed by atoms with Gasteiger partial charge >= 0.3 is 0 Å². The van der Waals surface area contributed by atoms with Crippen LogP contribution in [0.25, 0.3) is 11.1 Å². The van der Waals surface area contributed by atoms with Crippen LogP contribution >= 0.6 is 0 Å². The Morgan fingerprint density at radius 2 is 1.56 bits per heavy atom. The van der Waals surface area contributed by atoms with Crippen LogP contribution < -0.4 is 19.5 Å². The van der Waals surface area contributed by atoms with Crippen molar-refractivity contribution in [2.24, 2.45) is 0 Å². The van der Waals surface area contributed by atoms with Gasteiger partial charge in [-0.3, -0.25) is 0 Å². The maximum absolute atomic E-state index is 10.0. The van der Waals surface area contributed by atoms with Gasteiger partial charge in [-0.2, -0.15) is 0 Å². The van der Waals surface area contributed by atoms with Gasteiger partial charge in [0.15, 0.2) is 11.5 Å². The SMILES string of the molecule is CCNCC(O)COc1ccc(C(=C(CC)c2ccc3c(c2)OCO3)c2ccc(O)cc2)cc1. The molecule has 0 fully saturated rings. The van der Waals surface area contributed by atoms with E-state index >= 15 is 0 Å². The van der Waals surface area contributed by atoms with Crippen LogP contribution in [-0.4, -0.2) is 42.8 Å². The van der Waals surface area contributed by atoms with Gasteiger partial charge in [-0.15, -0.1) is 0 Å². The van der Waals surface area contributed by atoms with E-state index in [4.69, 9.17) is 14.2 Å². The summed E-state index contributed by atoms with van der Waals surface area (Å²) in [5.41, 5.74) is 5.31. The summed E-state index contributed by atoms with van der Waals surface area (Å²) in [4.78, 5) is 0. The molecule has 178 valence electrons. The Bertz CT molecular complexity index is 1120. The standard InChI is InChI=1S/C28H31NO5/c1-3-25(21-9-14-26-27(15-21)34-18-33-26)28(19-5-10-22(30)11-6-19)20-7-12-24(13-8-20)32-17-23(31)16-29-4-2/h5-15,23,29-31H,3-4,16-18H2,1-2H3. The molecule has 0 aliphatic carbocycles. The Morgan fingerprint density at radius 3 is 2.24 bits per heavy atom. The number of ether oxygens (including phenoxy) is 3. The smallest absolute Gasteiger partial charge is 0.231 e. The molecule has 3 aromatic carbocycles. The minimum atomic E-state index is -0.565. The van der Waals surface area contributed by atoms with E-state index in [9.17, 15) is 10.2 Å². The molecule has 1 heterocycles. The molecule has 4 rings (SSSR count). The first kappa shape index (κ1) is 23.7. The Hall–Kier alpha value is -3.48. The van der Waals surface area contributed by atoms with Crippen molar-refractivity contribution in [3.8, 4) is 23.0 Å². The average molecular weight is 462 g/mol. The van der Waals surface area contributed by atoms with E-state index in [1.54, 1.807) is 12.1 Å². The number of allylic oxidation sites excluding steroid dienone is 1. The molecule has 0 amide bonds. The zero-order chi connectivity index (χ0) is 23.9. The summed E-state index contributed by atoms with van der Waals surface area (Å²) in [5.74, 6) is 2.42. The Labute approximate surface area is 200 Å². The van der Waals surface area contributed by atoms with Gasteiger partial charge in [0.05, 0.1) is 0 Å². The van der Waals surface area contributed by atoms with Gasteiger partial charge in [-0.25, -0.2) is 0 Å². The highest BCUT2D eigenvalue weighted by Crippen LogP contribution is 2.40. The fourth-order valence-corrected chi connectivity index (χ4v) is 4.03. The molecule has 3 N–H and O–H groups in total. The summed E-state index contributed by atoms with van der Waals surface area (Å²) in [6, 6.07) is 21.2. The molecule has 3 aromatic rings. The summed E-state index contributed by atoms with van der Waals surface area (Å²) in [6.07, 6.45) is 0.231. The number of fused-ring (bicyclic) bond motifs is 1. The van der Waals surface area contributed by atoms with Crippen LogP contribution in [-0.2, 0) is 0 Å². The van der Waals surface area contributed by atoms with E-state index in [0.717, 1.165) is 52.3 Å². The number of nitrogens with one attached hydrogen (secondary N) is 1. The molecule has 6 heteroatoms. The van der Waals surface area contributed by atoms with Crippen LogP contribution in [0.4, 0.5) is 0 Å². The maximum Gasteiger partial charge on any atom is 0.231 e. The van der Waals surface area contributed by atoms with E-state index in [1.807, 2.05) is 55.5 Å². The maximum atomic E-state index is 10.0. The van der Waals surface area contributed by atoms with Crippen molar-refractivity contribution in [3.05, 3.63) is 83.4 Å². The molecule has 0 saturated heterocycles. The number of aliphatic hydroxyl groups excluding tert-OH is 1. The van der Waals surface area contributed by atoms with Crippen LogP contribution in [0.3, 0.4) is 0 Å². The minimum Gasteiger partial charge on any atom is -0.508 e. The van der Waals surface area contributed by atoms with E-state index < -0.39 is 6.10 Å². The molecule has 6 nitrogen and oxygen atoms in total. The lowest BCUT2D eigenvalue weighted by molar-refractivity contribution is 0.107. The minimum absolute atomic E-state index is 0.226. The number of likely N-dealkylation sites (N-methyl/N-ethyl adjacent to an activating group) is 1. The number of aromatic hydroxyl groups is 1. The van der Waals surface area contributed by atoms with Crippen molar-refractivity contribution in [1.82, 2.24) is 5.32 Å². The van der Waals surface area contributed by atoms with Gasteiger partial charge in [-0.1, -0.05) is 44.2 Å². The zero-order valence-electron chi connectivity index (χ0n) is 19.6. The van der Waals surface area contributed by atoms with Crippen molar-refractivity contribution < 1.29 is 24.4 Å². The van der Waals surface area contributed by atoms with Crippen LogP contribution in [0.15, 0.2) is 66.7 Å². The first-order valence-corrected chi connectivity index (χ1v) is 11.6. The average Bonchev–Trinajstić information content (AvgIpc) is 3.34. The number of rotatable bonds is 10. The fourth-order valence-electron chi connectivity index (χ4n) is 4.03. The van der Waals surface area contributed by atoms with Crippen molar-refractivity contribution in [1.29, 1.82) is 0 Å². The van der Waals surface area contributed by atoms with Crippen molar-refractivity contribution in [2.75, 3.05) is 26.5 Å². The van der Waals surface area contributed by atoms with E-state index in [2.05, 4.69) is 18.3 Å². The highest BCUT2D eigenvalue weighted by molar-refractivity contribution is 5.99. The molecular weight excluding hydrogens is 430 g/mol. The summed E-state index contributed by atoms with van der Waals surface area (Å²) < 4.78 is 16.9. The number of phenolic OH excluding ortho intramolecular Hbond substituents is 1. The van der Waals surface area contributed by atoms with Gasteiger partial charge < -0.3 is 29.7 Å². The van der Waals surface area contributed by atoms with Gasteiger partial charge in [0.2, 0.25) is 6.79 Å². The molecule has 0 spiro atoms. The van der Waals surface area contributed by atoms with Crippen molar-refractivity contribution in [2.45, 2.75) is 26.4 Å². The lowest BCUT2D eigenvalue weighted by atomic mass is 9.88. The molecule has 1 atom stereocenters. The fraction of sp³-hybridized carbons (Fsp3) is 0.286. The molecule has 1 aliphatic heterocycles. The summed E-state index contributed by atoms with van der Waals surface area (Å²) in [7, 11) is 0.